The predicted molar refractivity (Wildman–Crippen MR) is 76.6 cm³/mol. The Bertz CT molecular complexity index is 231. The molecule has 6 heteroatoms. The van der Waals surface area contributed by atoms with E-state index in [0.29, 0.717) is 11.8 Å². The van der Waals surface area contributed by atoms with Crippen LogP contribution in [-0.4, -0.2) is 11.9 Å². The van der Waals surface area contributed by atoms with Gasteiger partial charge in [-0.05, 0) is 37.5 Å². The van der Waals surface area contributed by atoms with Gasteiger partial charge in [0.2, 0.25) is 0 Å². The molecule has 0 saturated carbocycles. The molecule has 4 nitrogen and oxygen atoms in total. The van der Waals surface area contributed by atoms with E-state index >= 15 is 0 Å². The average Bonchev–Trinajstić information content (AvgIpc) is 2.30. The van der Waals surface area contributed by atoms with Crippen LogP contribution in [0.3, 0.4) is 0 Å². The molecule has 22 heavy (non-hydrogen) atoms. The number of unbranched alkanes of at least 4 members (excludes halogenated alkanes) is 2. The van der Waals surface area contributed by atoms with Crippen LogP contribution in [0.25, 0.3) is 0 Å². The van der Waals surface area contributed by atoms with Gasteiger partial charge in [0.15, 0.2) is 0 Å². The summed E-state index contributed by atoms with van der Waals surface area (Å²) in [6.45, 7) is 8.55. The van der Waals surface area contributed by atoms with Crippen LogP contribution in [0.2, 0.25) is 0 Å². The molecule has 0 aromatic rings. The minimum Gasteiger partial charge on any atom is -0.550 e. The zero-order valence-electron chi connectivity index (χ0n) is 15.4. The molecule has 0 rings (SSSR count). The van der Waals surface area contributed by atoms with Gasteiger partial charge in [-0.3, -0.25) is 0 Å². The smallest absolute Gasteiger partial charge is 0.550 e. The van der Waals surface area contributed by atoms with E-state index < -0.39 is 11.9 Å². The summed E-state index contributed by atoms with van der Waals surface area (Å²) in [7, 11) is 0. The van der Waals surface area contributed by atoms with Crippen LogP contribution >= 0.6 is 0 Å². The monoisotopic (exact) mass is 332 g/mol. The topological polar surface area (TPSA) is 80.3 Å². The van der Waals surface area contributed by atoms with Gasteiger partial charge in [0.25, 0.3) is 0 Å². The third-order valence-corrected chi connectivity index (χ3v) is 2.82. The standard InChI is InChI=1S/2C8H16O2.2Na/c2*1-7(2)5-3-4-6-8(9)10;;/h2*7H,3-6H2,1-2H3,(H,9,10);;/q;;2*+1/p-2. The molecule has 0 saturated heterocycles. The molecule has 0 bridgehead atoms. The second-order valence-corrected chi connectivity index (χ2v) is 6.02. The average molecular weight is 332 g/mol. The number of carbonyl (C=O) groups excluding carboxylic acids is 2. The van der Waals surface area contributed by atoms with Gasteiger partial charge in [-0.1, -0.05) is 53.4 Å². The zero-order chi connectivity index (χ0) is 16.0. The Morgan fingerprint density at radius 1 is 0.682 bits per heavy atom. The quantitative estimate of drug-likeness (QED) is 0.301. The molecule has 0 N–H and O–H groups in total. The maximum absolute atomic E-state index is 9.93. The van der Waals surface area contributed by atoms with E-state index in [0.717, 1.165) is 38.5 Å². The van der Waals surface area contributed by atoms with Crippen molar-refractivity contribution in [3.63, 3.8) is 0 Å². The van der Waals surface area contributed by atoms with E-state index in [2.05, 4.69) is 27.7 Å². The van der Waals surface area contributed by atoms with E-state index in [4.69, 9.17) is 0 Å². The van der Waals surface area contributed by atoms with Crippen LogP contribution in [0.1, 0.15) is 79.1 Å². The number of carbonyl (C=O) groups is 2. The third-order valence-electron chi connectivity index (χ3n) is 2.82. The van der Waals surface area contributed by atoms with Gasteiger partial charge in [-0.15, -0.1) is 0 Å². The van der Waals surface area contributed by atoms with Crippen molar-refractivity contribution >= 4 is 11.9 Å². The van der Waals surface area contributed by atoms with E-state index in [-0.39, 0.29) is 72.0 Å². The van der Waals surface area contributed by atoms with E-state index in [9.17, 15) is 19.8 Å². The first-order chi connectivity index (χ1) is 9.25. The minimum absolute atomic E-state index is 0. The van der Waals surface area contributed by atoms with Crippen LogP contribution in [0.4, 0.5) is 0 Å². The molecule has 0 aromatic heterocycles. The first-order valence-electron chi connectivity index (χ1n) is 7.65. The number of rotatable bonds is 10. The van der Waals surface area contributed by atoms with Crippen molar-refractivity contribution in [2.24, 2.45) is 11.8 Å². The number of aliphatic carboxylic acids is 2. The summed E-state index contributed by atoms with van der Waals surface area (Å²) >= 11 is 0. The Morgan fingerprint density at radius 2 is 0.955 bits per heavy atom. The summed E-state index contributed by atoms with van der Waals surface area (Å²) in [6, 6.07) is 0. The molecule has 0 radical (unpaired) electrons. The Hall–Kier alpha value is 0.940. The van der Waals surface area contributed by atoms with Crippen LogP contribution in [-0.2, 0) is 9.59 Å². The normalized spacial score (nSPS) is 9.36. The molecule has 120 valence electrons. The molecule has 0 unspecified atom stereocenters. The van der Waals surface area contributed by atoms with Crippen molar-refractivity contribution in [2.75, 3.05) is 0 Å². The summed E-state index contributed by atoms with van der Waals surface area (Å²) in [6.07, 6.45) is 6.21. The Kier molecular flexibility index (Phi) is 30.7. The molecule has 0 aliphatic carbocycles. The van der Waals surface area contributed by atoms with Gasteiger partial charge in [-0.25, -0.2) is 0 Å². The van der Waals surface area contributed by atoms with Crippen LogP contribution < -0.4 is 69.3 Å². The predicted octanol–water partition coefficient (Wildman–Crippen LogP) is -4.09. The summed E-state index contributed by atoms with van der Waals surface area (Å²) in [5, 5.41) is 19.9. The number of carboxylic acid groups (broad SMARTS) is 2. The Labute approximate surface area is 180 Å². The van der Waals surface area contributed by atoms with Crippen LogP contribution in [0.15, 0.2) is 0 Å². The fourth-order valence-electron chi connectivity index (χ4n) is 1.64. The second kappa shape index (κ2) is 21.9. The maximum Gasteiger partial charge on any atom is 1.00 e. The molecule has 0 aliphatic heterocycles. The summed E-state index contributed by atoms with van der Waals surface area (Å²) in [4.78, 5) is 19.9. The molecule has 0 aliphatic rings. The minimum atomic E-state index is -0.927. The molecule has 0 fully saturated rings. The summed E-state index contributed by atoms with van der Waals surface area (Å²) < 4.78 is 0. The largest absolute Gasteiger partial charge is 1.00 e. The number of hydrogen-bond acceptors (Lipinski definition) is 4. The van der Waals surface area contributed by atoms with Gasteiger partial charge < -0.3 is 19.8 Å². The fourth-order valence-corrected chi connectivity index (χ4v) is 1.64. The van der Waals surface area contributed by atoms with E-state index in [1.165, 1.54) is 0 Å². The SMILES string of the molecule is CC(C)CCCCC(=O)[O-].CC(C)CCCCC(=O)[O-].[Na+].[Na+]. The first-order valence-corrected chi connectivity index (χ1v) is 7.65. The first kappa shape index (κ1) is 30.8. The molecule has 0 aromatic carbocycles. The van der Waals surface area contributed by atoms with Crippen molar-refractivity contribution in [3.8, 4) is 0 Å². The fraction of sp³-hybridized carbons (Fsp3) is 0.875. The van der Waals surface area contributed by atoms with Crippen molar-refractivity contribution < 1.29 is 78.9 Å². The van der Waals surface area contributed by atoms with Gasteiger partial charge >= 0.3 is 59.1 Å². The van der Waals surface area contributed by atoms with E-state index in [1.807, 2.05) is 0 Å². The molecule has 0 amide bonds. The summed E-state index contributed by atoms with van der Waals surface area (Å²) in [5.41, 5.74) is 0. The summed E-state index contributed by atoms with van der Waals surface area (Å²) in [5.74, 6) is -0.490. The zero-order valence-corrected chi connectivity index (χ0v) is 19.4. The Morgan fingerprint density at radius 3 is 1.14 bits per heavy atom. The number of hydrogen-bond donors (Lipinski definition) is 0. The van der Waals surface area contributed by atoms with E-state index in [1.54, 1.807) is 0 Å². The Balaban J connectivity index is -0.000000135. The second-order valence-electron chi connectivity index (χ2n) is 6.02. The van der Waals surface area contributed by atoms with Gasteiger partial charge in [0, 0.05) is 11.9 Å². The van der Waals surface area contributed by atoms with Gasteiger partial charge in [0.1, 0.15) is 0 Å². The van der Waals surface area contributed by atoms with Crippen LogP contribution in [0.5, 0.6) is 0 Å². The third kappa shape index (κ3) is 37.3. The molecular weight excluding hydrogens is 302 g/mol. The van der Waals surface area contributed by atoms with Gasteiger partial charge in [0.05, 0.1) is 0 Å². The van der Waals surface area contributed by atoms with Crippen molar-refractivity contribution in [3.05, 3.63) is 0 Å². The van der Waals surface area contributed by atoms with Gasteiger partial charge in [-0.2, -0.15) is 0 Å². The number of carboxylic acids is 2. The molecule has 0 atom stereocenters. The van der Waals surface area contributed by atoms with Crippen molar-refractivity contribution in [1.29, 1.82) is 0 Å². The molecule has 0 spiro atoms. The van der Waals surface area contributed by atoms with Crippen molar-refractivity contribution in [1.82, 2.24) is 0 Å². The van der Waals surface area contributed by atoms with Crippen molar-refractivity contribution in [2.45, 2.75) is 79.1 Å². The molecular formula is C16H30Na2O4. The maximum atomic E-state index is 9.93. The van der Waals surface area contributed by atoms with Crippen LogP contribution in [0, 0.1) is 11.8 Å². The molecule has 0 heterocycles.